The van der Waals surface area contributed by atoms with Gasteiger partial charge in [0.1, 0.15) is 0 Å². The molecule has 0 aromatic heterocycles. The van der Waals surface area contributed by atoms with Crippen LogP contribution in [0.4, 0.5) is 0 Å². The maximum atomic E-state index is 5.55. The molecule has 0 unspecified atom stereocenters. The molecule has 44 valence electrons. The molecule has 0 saturated carbocycles. The van der Waals surface area contributed by atoms with Gasteiger partial charge in [-0.25, -0.2) is 0 Å². The van der Waals surface area contributed by atoms with E-state index in [9.17, 15) is 0 Å². The van der Waals surface area contributed by atoms with Crippen molar-refractivity contribution in [1.29, 1.82) is 0 Å². The van der Waals surface area contributed by atoms with Gasteiger partial charge in [0.25, 0.3) is 0 Å². The first-order valence-electron chi connectivity index (χ1n) is 2.01. The van der Waals surface area contributed by atoms with Crippen molar-refractivity contribution in [3.63, 3.8) is 0 Å². The van der Waals surface area contributed by atoms with Crippen molar-refractivity contribution in [3.8, 4) is 0 Å². The lowest BCUT2D eigenvalue weighted by atomic mass is 10.5. The highest BCUT2D eigenvalue weighted by molar-refractivity contribution is 6.40. The van der Waals surface area contributed by atoms with Crippen molar-refractivity contribution >= 4 is 40.6 Å². The van der Waals surface area contributed by atoms with Crippen molar-refractivity contribution < 1.29 is 0 Å². The van der Waals surface area contributed by atoms with Gasteiger partial charge in [0.2, 0.25) is 0 Å². The monoisotopic (exact) mass is 164 g/mol. The standard InChI is InChI=1S/C5H4Cl2.Al.3H/c6-4-2-1-3-5(4)7;;;;/h1-2H,3H2;;;;. The molecular weight excluding hydrogens is 158 g/mol. The second-order valence-corrected chi connectivity index (χ2v) is 2.22. The first-order valence-corrected chi connectivity index (χ1v) is 2.77. The van der Waals surface area contributed by atoms with E-state index in [4.69, 9.17) is 23.2 Å². The van der Waals surface area contributed by atoms with E-state index in [2.05, 4.69) is 0 Å². The summed E-state index contributed by atoms with van der Waals surface area (Å²) in [7, 11) is 0. The van der Waals surface area contributed by atoms with Gasteiger partial charge in [-0.3, -0.25) is 0 Å². The van der Waals surface area contributed by atoms with Gasteiger partial charge in [-0.15, -0.1) is 0 Å². The second kappa shape index (κ2) is 3.59. The minimum atomic E-state index is 0. The lowest BCUT2D eigenvalue weighted by molar-refractivity contribution is 1.40. The van der Waals surface area contributed by atoms with Gasteiger partial charge in [0, 0.05) is 11.5 Å². The Morgan fingerprint density at radius 2 is 2.00 bits per heavy atom. The smallest absolute Gasteiger partial charge is 0.0872 e. The summed E-state index contributed by atoms with van der Waals surface area (Å²) in [5.74, 6) is 0. The molecule has 0 bridgehead atoms. The summed E-state index contributed by atoms with van der Waals surface area (Å²) < 4.78 is 0. The molecule has 3 heteroatoms. The summed E-state index contributed by atoms with van der Waals surface area (Å²) in [5, 5.41) is 1.43. The van der Waals surface area contributed by atoms with Crippen LogP contribution >= 0.6 is 23.2 Å². The maximum absolute atomic E-state index is 5.55. The topological polar surface area (TPSA) is 0 Å². The molecular formula is C5H7AlCl2. The quantitative estimate of drug-likeness (QED) is 0.476. The molecule has 8 heavy (non-hydrogen) atoms. The highest BCUT2D eigenvalue weighted by Crippen LogP contribution is 2.24. The Morgan fingerprint density at radius 3 is 2.12 bits per heavy atom. The minimum absolute atomic E-state index is 0. The van der Waals surface area contributed by atoms with Crippen LogP contribution in [0, 0.1) is 0 Å². The average Bonchev–Trinajstić information content (AvgIpc) is 1.91. The Hall–Kier alpha value is 0.592. The van der Waals surface area contributed by atoms with Gasteiger partial charge in [-0.2, -0.15) is 0 Å². The second-order valence-electron chi connectivity index (χ2n) is 1.36. The third-order valence-electron chi connectivity index (χ3n) is 0.820. The van der Waals surface area contributed by atoms with E-state index < -0.39 is 0 Å². The van der Waals surface area contributed by atoms with E-state index in [1.165, 1.54) is 0 Å². The zero-order chi connectivity index (χ0) is 5.28. The molecule has 0 heterocycles. The van der Waals surface area contributed by atoms with E-state index in [0.717, 1.165) is 11.5 Å². The molecule has 0 aromatic rings. The van der Waals surface area contributed by atoms with Gasteiger partial charge in [-0.1, -0.05) is 29.3 Å². The number of allylic oxidation sites excluding steroid dienone is 4. The number of rotatable bonds is 0. The van der Waals surface area contributed by atoms with E-state index in [1.807, 2.05) is 12.2 Å². The molecule has 0 N–H and O–H groups in total. The molecule has 0 amide bonds. The normalized spacial score (nSPS) is 16.8. The third-order valence-corrected chi connectivity index (χ3v) is 1.63. The highest BCUT2D eigenvalue weighted by Gasteiger charge is 2.00. The molecule has 0 atom stereocenters. The Kier molecular flexibility index (Phi) is 3.85. The third kappa shape index (κ3) is 1.84. The Balaban J connectivity index is 0.000000490. The van der Waals surface area contributed by atoms with Crippen LogP contribution in [0.2, 0.25) is 0 Å². The van der Waals surface area contributed by atoms with Crippen LogP contribution in [0.5, 0.6) is 0 Å². The first-order chi connectivity index (χ1) is 3.30. The van der Waals surface area contributed by atoms with Crippen LogP contribution in [0.15, 0.2) is 22.2 Å². The largest absolute Gasteiger partial charge is 0.187 e. The maximum Gasteiger partial charge on any atom is 0.187 e. The van der Waals surface area contributed by atoms with Crippen LogP contribution in [-0.2, 0) is 0 Å². The predicted molar refractivity (Wildman–Crippen MR) is 42.4 cm³/mol. The Morgan fingerprint density at radius 1 is 1.38 bits per heavy atom. The number of hydrogen-bond acceptors (Lipinski definition) is 0. The molecule has 0 saturated heterocycles. The molecule has 1 aliphatic carbocycles. The molecule has 0 spiro atoms. The zero-order valence-corrected chi connectivity index (χ0v) is 5.13. The van der Waals surface area contributed by atoms with Crippen molar-refractivity contribution in [2.45, 2.75) is 6.42 Å². The van der Waals surface area contributed by atoms with Crippen LogP contribution in [0.25, 0.3) is 0 Å². The SMILES string of the molecule is ClC1=C(Cl)CC=C1.[AlH3]. The van der Waals surface area contributed by atoms with Gasteiger partial charge < -0.3 is 0 Å². The van der Waals surface area contributed by atoms with E-state index in [1.54, 1.807) is 0 Å². The first kappa shape index (κ1) is 8.59. The minimum Gasteiger partial charge on any atom is -0.0872 e. The summed E-state index contributed by atoms with van der Waals surface area (Å²) >= 11 is 11.1. The van der Waals surface area contributed by atoms with Crippen molar-refractivity contribution in [2.75, 3.05) is 0 Å². The van der Waals surface area contributed by atoms with Gasteiger partial charge in [-0.05, 0) is 6.08 Å². The van der Waals surface area contributed by atoms with Gasteiger partial charge in [0.05, 0.1) is 5.03 Å². The van der Waals surface area contributed by atoms with Crippen LogP contribution in [0.1, 0.15) is 6.42 Å². The predicted octanol–water partition coefficient (Wildman–Crippen LogP) is 1.45. The van der Waals surface area contributed by atoms with Crippen LogP contribution in [-0.4, -0.2) is 17.4 Å². The lowest BCUT2D eigenvalue weighted by Crippen LogP contribution is -1.59. The fourth-order valence-corrected chi connectivity index (χ4v) is 0.772. The molecule has 1 aliphatic rings. The summed E-state index contributed by atoms with van der Waals surface area (Å²) in [5.41, 5.74) is 0. The molecule has 0 radical (unpaired) electrons. The van der Waals surface area contributed by atoms with Crippen LogP contribution < -0.4 is 0 Å². The number of hydrogen-bond donors (Lipinski definition) is 0. The summed E-state index contributed by atoms with van der Waals surface area (Å²) in [6, 6.07) is 0. The van der Waals surface area contributed by atoms with E-state index >= 15 is 0 Å². The van der Waals surface area contributed by atoms with E-state index in [0.29, 0.717) is 5.03 Å². The average molecular weight is 165 g/mol. The molecule has 0 aliphatic heterocycles. The number of halogens is 2. The molecule has 0 aromatic carbocycles. The van der Waals surface area contributed by atoms with E-state index in [-0.39, 0.29) is 17.4 Å². The molecule has 0 fully saturated rings. The zero-order valence-electron chi connectivity index (χ0n) is 3.62. The lowest BCUT2D eigenvalue weighted by Gasteiger charge is -1.81. The van der Waals surface area contributed by atoms with Crippen molar-refractivity contribution in [2.24, 2.45) is 0 Å². The fraction of sp³-hybridized carbons (Fsp3) is 0.200. The van der Waals surface area contributed by atoms with Gasteiger partial charge in [0.15, 0.2) is 17.4 Å². The molecule has 1 rings (SSSR count). The summed E-state index contributed by atoms with van der Waals surface area (Å²) in [6.45, 7) is 0. The summed E-state index contributed by atoms with van der Waals surface area (Å²) in [4.78, 5) is 0. The summed E-state index contributed by atoms with van der Waals surface area (Å²) in [6.07, 6.45) is 4.55. The van der Waals surface area contributed by atoms with Crippen molar-refractivity contribution in [3.05, 3.63) is 22.2 Å². The molecule has 0 nitrogen and oxygen atoms in total. The Bertz CT molecular complexity index is 137. The highest BCUT2D eigenvalue weighted by atomic mass is 35.5. The van der Waals surface area contributed by atoms with Gasteiger partial charge >= 0.3 is 0 Å². The fourth-order valence-electron chi connectivity index (χ4n) is 0.454. The van der Waals surface area contributed by atoms with Crippen molar-refractivity contribution in [1.82, 2.24) is 0 Å². The Labute approximate surface area is 69.3 Å². The van der Waals surface area contributed by atoms with Crippen LogP contribution in [0.3, 0.4) is 0 Å².